The van der Waals surface area contributed by atoms with E-state index in [1.807, 2.05) is 0 Å². The second kappa shape index (κ2) is 8.07. The average molecular weight is 426 g/mol. The van der Waals surface area contributed by atoms with Crippen LogP contribution in [0.2, 0.25) is 0 Å². The van der Waals surface area contributed by atoms with Crippen LogP contribution in [-0.2, 0) is 19.6 Å². The molecule has 1 aromatic carbocycles. The minimum Gasteiger partial charge on any atom is -0.493 e. The number of rotatable bonds is 6. The molecule has 0 unspecified atom stereocenters. The number of alkyl halides is 3. The van der Waals surface area contributed by atoms with Crippen LogP contribution in [0.1, 0.15) is 21.9 Å². The lowest BCUT2D eigenvalue weighted by Gasteiger charge is -2.08. The lowest BCUT2D eigenvalue weighted by atomic mass is 10.2. The van der Waals surface area contributed by atoms with Crippen LogP contribution in [0.5, 0.6) is 5.75 Å². The van der Waals surface area contributed by atoms with Gasteiger partial charge in [-0.05, 0) is 30.4 Å². The zero-order chi connectivity index (χ0) is 21.2. The maximum absolute atomic E-state index is 12.9. The molecule has 0 atom stereocenters. The number of aromatic nitrogens is 5. The smallest absolute Gasteiger partial charge is 0.416 e. The van der Waals surface area contributed by atoms with Gasteiger partial charge in [-0.2, -0.15) is 23.4 Å². The zero-order valence-electron chi connectivity index (χ0n) is 15.4. The van der Waals surface area contributed by atoms with Gasteiger partial charge in [-0.25, -0.2) is 4.68 Å². The number of ether oxygens (including phenoxy) is 1. The first kappa shape index (κ1) is 20.6. The van der Waals surface area contributed by atoms with Crippen LogP contribution in [0, 0.1) is 4.77 Å². The second-order valence-electron chi connectivity index (χ2n) is 6.05. The van der Waals surface area contributed by atoms with Gasteiger partial charge in [0.05, 0.1) is 24.6 Å². The Balaban J connectivity index is 1.76. The normalized spacial score (nSPS) is 11.5. The summed E-state index contributed by atoms with van der Waals surface area (Å²) < 4.78 is 47.3. The lowest BCUT2D eigenvalue weighted by Crippen LogP contribution is -2.27. The number of hydrogen-bond donors (Lipinski definition) is 2. The van der Waals surface area contributed by atoms with Crippen LogP contribution >= 0.6 is 12.2 Å². The van der Waals surface area contributed by atoms with Crippen molar-refractivity contribution < 1.29 is 22.7 Å². The highest BCUT2D eigenvalue weighted by atomic mass is 32.1. The van der Waals surface area contributed by atoms with Crippen LogP contribution in [0.25, 0.3) is 5.69 Å². The molecule has 0 radical (unpaired) electrons. The molecule has 0 aliphatic rings. The number of halogens is 3. The number of methoxy groups -OCH3 is 1. The van der Waals surface area contributed by atoms with Crippen molar-refractivity contribution in [3.05, 3.63) is 52.3 Å². The van der Waals surface area contributed by atoms with Gasteiger partial charge in [0, 0.05) is 20.0 Å². The van der Waals surface area contributed by atoms with E-state index in [0.29, 0.717) is 17.0 Å². The summed E-state index contributed by atoms with van der Waals surface area (Å²) in [4.78, 5) is 12.5. The molecule has 8 nitrogen and oxygen atoms in total. The number of benzene rings is 1. The van der Waals surface area contributed by atoms with E-state index in [2.05, 4.69) is 20.6 Å². The molecule has 3 rings (SSSR count). The summed E-state index contributed by atoms with van der Waals surface area (Å²) in [6.45, 7) is 0.256. The van der Waals surface area contributed by atoms with Crippen molar-refractivity contribution >= 4 is 18.1 Å². The fourth-order valence-electron chi connectivity index (χ4n) is 2.60. The molecular weight excluding hydrogens is 409 g/mol. The molecule has 154 valence electrons. The van der Waals surface area contributed by atoms with Crippen LogP contribution < -0.4 is 10.1 Å². The van der Waals surface area contributed by atoms with Gasteiger partial charge in [-0.1, -0.05) is 6.07 Å². The monoisotopic (exact) mass is 426 g/mol. The molecule has 2 N–H and O–H groups in total. The number of carbonyl (C=O) groups excluding carboxylic acids is 1. The maximum atomic E-state index is 12.9. The number of amides is 1. The van der Waals surface area contributed by atoms with Crippen molar-refractivity contribution in [1.29, 1.82) is 0 Å². The van der Waals surface area contributed by atoms with Gasteiger partial charge in [0.2, 0.25) is 0 Å². The molecule has 0 spiro atoms. The highest BCUT2D eigenvalue weighted by Gasteiger charge is 2.30. The Kier molecular flexibility index (Phi) is 5.73. The van der Waals surface area contributed by atoms with Gasteiger partial charge in [0.15, 0.2) is 16.2 Å². The van der Waals surface area contributed by atoms with Crippen LogP contribution in [0.15, 0.2) is 30.5 Å². The highest BCUT2D eigenvalue weighted by molar-refractivity contribution is 7.71. The van der Waals surface area contributed by atoms with Gasteiger partial charge < -0.3 is 14.6 Å². The van der Waals surface area contributed by atoms with Gasteiger partial charge in [0.1, 0.15) is 5.82 Å². The predicted octanol–water partition coefficient (Wildman–Crippen LogP) is 2.66. The first-order chi connectivity index (χ1) is 13.7. The Labute approximate surface area is 168 Å². The fraction of sp³-hybridized carbons (Fsp3) is 0.294. The molecular formula is C17H17F3N6O2S. The SMILES string of the molecule is COc1cn(-c2cccc(C(F)(F)F)c2)nc1C(=O)NCCc1n[nH]c(=S)n1C. The summed E-state index contributed by atoms with van der Waals surface area (Å²) in [6.07, 6.45) is -2.71. The summed E-state index contributed by atoms with van der Waals surface area (Å²) in [7, 11) is 3.10. The predicted molar refractivity (Wildman–Crippen MR) is 99.5 cm³/mol. The van der Waals surface area contributed by atoms with Crippen molar-refractivity contribution in [2.75, 3.05) is 13.7 Å². The zero-order valence-corrected chi connectivity index (χ0v) is 16.3. The van der Waals surface area contributed by atoms with Crippen molar-refractivity contribution in [2.45, 2.75) is 12.6 Å². The number of hydrogen-bond acceptors (Lipinski definition) is 5. The Morgan fingerprint density at radius 1 is 1.38 bits per heavy atom. The topological polar surface area (TPSA) is 89.8 Å². The van der Waals surface area contributed by atoms with Gasteiger partial charge in [0.25, 0.3) is 5.91 Å². The van der Waals surface area contributed by atoms with Crippen molar-refractivity contribution in [3.63, 3.8) is 0 Å². The molecule has 0 aliphatic heterocycles. The van der Waals surface area contributed by atoms with Crippen LogP contribution in [0.4, 0.5) is 13.2 Å². The molecule has 29 heavy (non-hydrogen) atoms. The maximum Gasteiger partial charge on any atom is 0.416 e. The average Bonchev–Trinajstić information content (AvgIpc) is 3.26. The van der Waals surface area contributed by atoms with E-state index in [-0.39, 0.29) is 23.7 Å². The summed E-state index contributed by atoms with van der Waals surface area (Å²) in [6, 6.07) is 4.62. The van der Waals surface area contributed by atoms with E-state index in [1.165, 1.54) is 30.1 Å². The molecule has 0 aliphatic carbocycles. The third-order valence-corrected chi connectivity index (χ3v) is 4.53. The molecule has 2 heterocycles. The van der Waals surface area contributed by atoms with E-state index < -0.39 is 17.6 Å². The summed E-state index contributed by atoms with van der Waals surface area (Å²) in [5, 5.41) is 13.5. The quantitative estimate of drug-likeness (QED) is 0.592. The largest absolute Gasteiger partial charge is 0.493 e. The molecule has 0 saturated heterocycles. The molecule has 2 aromatic heterocycles. The molecule has 1 amide bonds. The fourth-order valence-corrected chi connectivity index (χ4v) is 2.75. The lowest BCUT2D eigenvalue weighted by molar-refractivity contribution is -0.137. The number of H-pyrrole nitrogens is 1. The molecule has 3 aromatic rings. The summed E-state index contributed by atoms with van der Waals surface area (Å²) in [5.41, 5.74) is -0.706. The second-order valence-corrected chi connectivity index (χ2v) is 6.44. The van der Waals surface area contributed by atoms with E-state index in [9.17, 15) is 18.0 Å². The number of nitrogens with one attached hydrogen (secondary N) is 2. The van der Waals surface area contributed by atoms with Crippen molar-refractivity contribution in [1.82, 2.24) is 29.9 Å². The molecule has 0 fully saturated rings. The third kappa shape index (κ3) is 4.47. The Bertz CT molecular complexity index is 1090. The molecule has 0 bridgehead atoms. The first-order valence-electron chi connectivity index (χ1n) is 8.40. The summed E-state index contributed by atoms with van der Waals surface area (Å²) >= 11 is 5.02. The summed E-state index contributed by atoms with van der Waals surface area (Å²) in [5.74, 6) is 0.277. The van der Waals surface area contributed by atoms with Gasteiger partial charge in [-0.15, -0.1) is 0 Å². The van der Waals surface area contributed by atoms with E-state index in [4.69, 9.17) is 17.0 Å². The standard InChI is InChI=1S/C17H17F3N6O2S/c1-25-13(22-23-16(25)29)6-7-21-15(27)14-12(28-2)9-26(24-14)11-5-3-4-10(8-11)17(18,19)20/h3-5,8-9H,6-7H2,1-2H3,(H,21,27)(H,23,29). The van der Waals surface area contributed by atoms with E-state index >= 15 is 0 Å². The number of nitrogens with zero attached hydrogens (tertiary/aromatic N) is 4. The number of carbonyl (C=O) groups is 1. The first-order valence-corrected chi connectivity index (χ1v) is 8.81. The van der Waals surface area contributed by atoms with E-state index in [1.54, 1.807) is 11.6 Å². The minimum atomic E-state index is -4.49. The highest BCUT2D eigenvalue weighted by Crippen LogP contribution is 2.30. The minimum absolute atomic E-state index is 0.0414. The third-order valence-electron chi connectivity index (χ3n) is 4.16. The van der Waals surface area contributed by atoms with Crippen molar-refractivity contribution in [3.8, 4) is 11.4 Å². The van der Waals surface area contributed by atoms with E-state index in [0.717, 1.165) is 12.1 Å². The van der Waals surface area contributed by atoms with Crippen LogP contribution in [0.3, 0.4) is 0 Å². The Hall–Kier alpha value is -3.15. The number of aromatic amines is 1. The van der Waals surface area contributed by atoms with Crippen LogP contribution in [-0.4, -0.2) is 44.1 Å². The Morgan fingerprint density at radius 2 is 2.14 bits per heavy atom. The van der Waals surface area contributed by atoms with Crippen molar-refractivity contribution in [2.24, 2.45) is 7.05 Å². The van der Waals surface area contributed by atoms with Gasteiger partial charge in [-0.3, -0.25) is 9.89 Å². The van der Waals surface area contributed by atoms with Gasteiger partial charge >= 0.3 is 6.18 Å². The molecule has 0 saturated carbocycles. The Morgan fingerprint density at radius 3 is 2.76 bits per heavy atom. The molecule has 12 heteroatoms.